The molecule has 1 saturated heterocycles. The molecule has 5 rings (SSSR count). The van der Waals surface area contributed by atoms with Gasteiger partial charge in [0.05, 0.1) is 39.0 Å². The highest BCUT2D eigenvalue weighted by Crippen LogP contribution is 2.27. The molecule has 0 radical (unpaired) electrons. The molecule has 0 bridgehead atoms. The minimum absolute atomic E-state index is 0.0427. The number of thiophene rings is 1. The van der Waals surface area contributed by atoms with Crippen molar-refractivity contribution in [1.29, 1.82) is 0 Å². The molecule has 8 nitrogen and oxygen atoms in total. The third-order valence-electron chi connectivity index (χ3n) is 5.29. The van der Waals surface area contributed by atoms with Crippen molar-refractivity contribution in [3.05, 3.63) is 63.9 Å². The molecule has 4 aromatic rings. The Bertz CT molecular complexity index is 1330. The first-order valence-electron chi connectivity index (χ1n) is 9.98. The molecule has 162 valence electrons. The number of pyridine rings is 1. The van der Waals surface area contributed by atoms with Crippen LogP contribution < -0.4 is 10.6 Å². The van der Waals surface area contributed by atoms with Crippen LogP contribution in [-0.2, 0) is 4.79 Å². The number of fused-ring (bicyclic) bond motifs is 1. The number of benzene rings is 1. The van der Waals surface area contributed by atoms with E-state index in [0.29, 0.717) is 34.2 Å². The number of nitrogens with one attached hydrogen (secondary N) is 2. The average Bonchev–Trinajstić information content (AvgIpc) is 3.48. The van der Waals surface area contributed by atoms with Crippen molar-refractivity contribution in [1.82, 2.24) is 25.0 Å². The number of halogens is 1. The first-order valence-corrected chi connectivity index (χ1v) is 11.2. The summed E-state index contributed by atoms with van der Waals surface area (Å²) < 4.78 is 1.75. The number of aromatic nitrogens is 3. The number of hydrogen-bond acceptors (Lipinski definition) is 6. The summed E-state index contributed by atoms with van der Waals surface area (Å²) in [7, 11) is 1.74. The summed E-state index contributed by atoms with van der Waals surface area (Å²) in [5.41, 5.74) is 3.09. The fourth-order valence-corrected chi connectivity index (χ4v) is 4.62. The van der Waals surface area contributed by atoms with Gasteiger partial charge in [-0.25, -0.2) is 9.67 Å². The van der Waals surface area contributed by atoms with Crippen LogP contribution in [0.4, 0.5) is 11.5 Å². The summed E-state index contributed by atoms with van der Waals surface area (Å²) in [6.45, 7) is 0.531. The predicted octanol–water partition coefficient (Wildman–Crippen LogP) is 3.84. The van der Waals surface area contributed by atoms with Crippen LogP contribution in [0.25, 0.3) is 16.7 Å². The van der Waals surface area contributed by atoms with Gasteiger partial charge < -0.3 is 15.5 Å². The van der Waals surface area contributed by atoms with Crippen molar-refractivity contribution < 1.29 is 9.59 Å². The van der Waals surface area contributed by atoms with Gasteiger partial charge in [0.2, 0.25) is 5.91 Å². The Hall–Kier alpha value is -3.43. The lowest BCUT2D eigenvalue weighted by Gasteiger charge is -2.11. The number of carbonyl (C=O) groups is 2. The second-order valence-electron chi connectivity index (χ2n) is 7.58. The molecule has 0 unspecified atom stereocenters. The van der Waals surface area contributed by atoms with Crippen molar-refractivity contribution in [2.24, 2.45) is 0 Å². The minimum Gasteiger partial charge on any atom is -0.346 e. The van der Waals surface area contributed by atoms with E-state index in [1.807, 2.05) is 41.8 Å². The normalized spacial score (nSPS) is 16.0. The van der Waals surface area contributed by atoms with Gasteiger partial charge in [-0.15, -0.1) is 11.3 Å². The fraction of sp³-hybridized carbons (Fsp3) is 0.182. The number of nitrogens with zero attached hydrogens (tertiary/aromatic N) is 4. The van der Waals surface area contributed by atoms with E-state index in [2.05, 4.69) is 20.7 Å². The van der Waals surface area contributed by atoms with E-state index >= 15 is 0 Å². The largest absolute Gasteiger partial charge is 0.346 e. The van der Waals surface area contributed by atoms with Crippen molar-refractivity contribution >= 4 is 57.3 Å². The van der Waals surface area contributed by atoms with Crippen molar-refractivity contribution in [3.63, 3.8) is 0 Å². The molecule has 1 fully saturated rings. The van der Waals surface area contributed by atoms with Crippen LogP contribution in [0.3, 0.4) is 0 Å². The van der Waals surface area contributed by atoms with Gasteiger partial charge in [-0.05, 0) is 30.3 Å². The molecule has 1 aliphatic heterocycles. The maximum atomic E-state index is 12.6. The van der Waals surface area contributed by atoms with E-state index in [0.717, 1.165) is 16.9 Å². The summed E-state index contributed by atoms with van der Waals surface area (Å²) in [5, 5.41) is 13.1. The van der Waals surface area contributed by atoms with Crippen LogP contribution in [0.5, 0.6) is 0 Å². The maximum Gasteiger partial charge on any atom is 0.261 e. The highest BCUT2D eigenvalue weighted by molar-refractivity contribution is 7.12. The number of likely N-dealkylation sites (N-methyl/N-ethyl adjacent to an activating group) is 1. The molecule has 2 N–H and O–H groups in total. The van der Waals surface area contributed by atoms with Crippen LogP contribution in [0, 0.1) is 0 Å². The number of rotatable bonds is 5. The van der Waals surface area contributed by atoms with Gasteiger partial charge >= 0.3 is 0 Å². The Morgan fingerprint density at radius 3 is 2.88 bits per heavy atom. The monoisotopic (exact) mass is 466 g/mol. The molecule has 4 heterocycles. The fourth-order valence-electron chi connectivity index (χ4n) is 3.67. The Kier molecular flexibility index (Phi) is 5.28. The molecule has 0 saturated carbocycles. The number of para-hydroxylation sites is 1. The summed E-state index contributed by atoms with van der Waals surface area (Å²) in [4.78, 5) is 31.1. The van der Waals surface area contributed by atoms with Crippen LogP contribution in [0.1, 0.15) is 16.1 Å². The quantitative estimate of drug-likeness (QED) is 0.466. The summed E-state index contributed by atoms with van der Waals surface area (Å²) in [6, 6.07) is 12.9. The number of amides is 2. The van der Waals surface area contributed by atoms with Crippen molar-refractivity contribution in [3.8, 4) is 5.69 Å². The Balaban J connectivity index is 1.34. The van der Waals surface area contributed by atoms with Gasteiger partial charge in [-0.1, -0.05) is 23.7 Å². The molecule has 3 aromatic heterocycles. The zero-order chi connectivity index (χ0) is 22.2. The first kappa shape index (κ1) is 20.5. The van der Waals surface area contributed by atoms with Gasteiger partial charge in [0.1, 0.15) is 11.3 Å². The molecule has 1 aliphatic rings. The summed E-state index contributed by atoms with van der Waals surface area (Å²) in [5.74, 6) is 0.517. The SMILES string of the molecule is CN1C[C@@H](NC(=O)c2cc(-n3ncc4nc(Nc5ccccc5Cl)ccc43)cs2)CC1=O. The third kappa shape index (κ3) is 3.92. The lowest BCUT2D eigenvalue weighted by molar-refractivity contribution is -0.126. The highest BCUT2D eigenvalue weighted by atomic mass is 35.5. The Morgan fingerprint density at radius 1 is 1.25 bits per heavy atom. The van der Waals surface area contributed by atoms with Gasteiger partial charge in [-0.3, -0.25) is 9.59 Å². The van der Waals surface area contributed by atoms with Crippen LogP contribution in [0.2, 0.25) is 5.02 Å². The number of hydrogen-bond donors (Lipinski definition) is 2. The molecule has 0 aliphatic carbocycles. The Labute approximate surface area is 192 Å². The third-order valence-corrected chi connectivity index (χ3v) is 6.54. The van der Waals surface area contributed by atoms with Crippen LogP contribution in [0.15, 0.2) is 54.0 Å². The molecule has 1 aromatic carbocycles. The molecular formula is C22H19ClN6O2S. The number of anilines is 2. The summed E-state index contributed by atoms with van der Waals surface area (Å²) in [6.07, 6.45) is 2.02. The average molecular weight is 467 g/mol. The lowest BCUT2D eigenvalue weighted by atomic mass is 10.2. The lowest BCUT2D eigenvalue weighted by Crippen LogP contribution is -2.36. The van der Waals surface area contributed by atoms with Gasteiger partial charge in [0.25, 0.3) is 5.91 Å². The minimum atomic E-state index is -0.185. The second-order valence-corrected chi connectivity index (χ2v) is 8.90. The van der Waals surface area contributed by atoms with E-state index in [9.17, 15) is 9.59 Å². The molecule has 2 amide bonds. The van der Waals surface area contributed by atoms with E-state index < -0.39 is 0 Å². The Morgan fingerprint density at radius 2 is 2.09 bits per heavy atom. The van der Waals surface area contributed by atoms with E-state index in [4.69, 9.17) is 11.6 Å². The molecular weight excluding hydrogens is 448 g/mol. The summed E-state index contributed by atoms with van der Waals surface area (Å²) >= 11 is 7.55. The van der Waals surface area contributed by atoms with Crippen molar-refractivity contribution in [2.45, 2.75) is 12.5 Å². The van der Waals surface area contributed by atoms with E-state index in [1.54, 1.807) is 28.9 Å². The smallest absolute Gasteiger partial charge is 0.261 e. The molecule has 32 heavy (non-hydrogen) atoms. The molecule has 0 spiro atoms. The standard InChI is InChI=1S/C22H19ClN6O2S/c1-28-11-13(8-21(28)30)25-22(31)19-9-14(12-32-19)29-18-6-7-20(27-17(18)10-24-29)26-16-5-3-2-4-15(16)23/h2-7,9-10,12-13H,8,11H2,1H3,(H,25,31)(H,26,27)/t13-/m0/s1. The zero-order valence-electron chi connectivity index (χ0n) is 17.1. The first-order chi connectivity index (χ1) is 15.5. The van der Waals surface area contributed by atoms with E-state index in [-0.39, 0.29) is 17.9 Å². The topological polar surface area (TPSA) is 92.2 Å². The number of likely N-dealkylation sites (tertiary alicyclic amines) is 1. The van der Waals surface area contributed by atoms with E-state index in [1.165, 1.54) is 11.3 Å². The van der Waals surface area contributed by atoms with Gasteiger partial charge in [0, 0.05) is 25.4 Å². The zero-order valence-corrected chi connectivity index (χ0v) is 18.7. The molecule has 1 atom stereocenters. The van der Waals surface area contributed by atoms with Crippen LogP contribution in [-0.4, -0.2) is 51.1 Å². The highest BCUT2D eigenvalue weighted by Gasteiger charge is 2.28. The maximum absolute atomic E-state index is 12.6. The number of carbonyl (C=O) groups excluding carboxylic acids is 2. The molecule has 10 heteroatoms. The van der Waals surface area contributed by atoms with Crippen molar-refractivity contribution in [2.75, 3.05) is 18.9 Å². The second kappa shape index (κ2) is 8.25. The van der Waals surface area contributed by atoms with Gasteiger partial charge in [-0.2, -0.15) is 5.10 Å². The predicted molar refractivity (Wildman–Crippen MR) is 125 cm³/mol. The van der Waals surface area contributed by atoms with Gasteiger partial charge in [0.15, 0.2) is 0 Å². The van der Waals surface area contributed by atoms with Crippen LogP contribution >= 0.6 is 22.9 Å².